The zero-order valence-corrected chi connectivity index (χ0v) is 18.1. The third-order valence-corrected chi connectivity index (χ3v) is 6.25. The Balaban J connectivity index is 1.80. The van der Waals surface area contributed by atoms with E-state index in [2.05, 4.69) is 6.92 Å². The minimum Gasteiger partial charge on any atom is -0.274 e. The van der Waals surface area contributed by atoms with Gasteiger partial charge >= 0.3 is 0 Å². The van der Waals surface area contributed by atoms with E-state index in [9.17, 15) is 9.59 Å². The van der Waals surface area contributed by atoms with E-state index in [0.717, 1.165) is 35.3 Å². The first-order chi connectivity index (χ1) is 14.1. The van der Waals surface area contributed by atoms with Gasteiger partial charge < -0.3 is 0 Å². The number of hydrogen-bond donors (Lipinski definition) is 0. The van der Waals surface area contributed by atoms with E-state index in [0.29, 0.717) is 17.0 Å². The zero-order chi connectivity index (χ0) is 20.6. The number of rotatable bonds is 10. The highest BCUT2D eigenvalue weighted by Crippen LogP contribution is 2.39. The first kappa shape index (κ1) is 21.4. The van der Waals surface area contributed by atoms with Crippen molar-refractivity contribution in [3.63, 3.8) is 0 Å². The molecule has 3 nitrogen and oxygen atoms in total. The summed E-state index contributed by atoms with van der Waals surface area (Å²) in [7, 11) is 0. The molecular formula is C25H29NO2S. The molecule has 0 spiro atoms. The van der Waals surface area contributed by atoms with Gasteiger partial charge in [-0.3, -0.25) is 14.5 Å². The Labute approximate surface area is 178 Å². The van der Waals surface area contributed by atoms with Crippen LogP contribution in [0.4, 0.5) is 0 Å². The summed E-state index contributed by atoms with van der Waals surface area (Å²) in [5.74, 6) is -0.321. The van der Waals surface area contributed by atoms with Gasteiger partial charge in [0.2, 0.25) is 0 Å². The summed E-state index contributed by atoms with van der Waals surface area (Å²) >= 11 is 1.39. The van der Waals surface area contributed by atoms with Gasteiger partial charge in [-0.15, -0.1) is 0 Å². The topological polar surface area (TPSA) is 37.4 Å². The number of unbranched alkanes of at least 4 members (excludes halogenated alkanes) is 5. The van der Waals surface area contributed by atoms with E-state index in [1.165, 1.54) is 35.9 Å². The predicted molar refractivity (Wildman–Crippen MR) is 120 cm³/mol. The van der Waals surface area contributed by atoms with Gasteiger partial charge in [0.25, 0.3) is 11.8 Å². The molecule has 0 N–H and O–H groups in total. The quantitative estimate of drug-likeness (QED) is 0.346. The Hall–Kier alpha value is -2.33. The van der Waals surface area contributed by atoms with Gasteiger partial charge in [0.15, 0.2) is 0 Å². The molecule has 2 aromatic carbocycles. The van der Waals surface area contributed by atoms with Gasteiger partial charge in [0.05, 0.1) is 10.5 Å². The molecule has 2 amide bonds. The Morgan fingerprint density at radius 3 is 2.14 bits per heavy atom. The summed E-state index contributed by atoms with van der Waals surface area (Å²) in [4.78, 5) is 29.3. The third-order valence-electron chi connectivity index (χ3n) is 5.16. The van der Waals surface area contributed by atoms with Crippen molar-refractivity contribution < 1.29 is 9.59 Å². The van der Waals surface area contributed by atoms with Crippen molar-refractivity contribution in [1.29, 1.82) is 0 Å². The maximum atomic E-state index is 13.2. The Bertz CT molecular complexity index is 871. The molecule has 1 aliphatic heterocycles. The number of thioether (sulfide) groups is 1. The fourth-order valence-electron chi connectivity index (χ4n) is 3.48. The molecule has 1 heterocycles. The number of benzene rings is 2. The molecule has 0 atom stereocenters. The van der Waals surface area contributed by atoms with Gasteiger partial charge in [0, 0.05) is 11.4 Å². The van der Waals surface area contributed by atoms with Crippen molar-refractivity contribution in [1.82, 2.24) is 4.90 Å². The van der Waals surface area contributed by atoms with Crippen LogP contribution in [0.3, 0.4) is 0 Å². The minimum atomic E-state index is -0.161. The van der Waals surface area contributed by atoms with Crippen LogP contribution in [0.1, 0.15) is 56.6 Å². The fourth-order valence-corrected chi connectivity index (χ4v) is 4.52. The number of aryl methyl sites for hydroxylation is 1. The van der Waals surface area contributed by atoms with E-state index in [4.69, 9.17) is 0 Å². The van der Waals surface area contributed by atoms with Crippen LogP contribution < -0.4 is 0 Å². The van der Waals surface area contributed by atoms with Crippen molar-refractivity contribution in [3.8, 4) is 0 Å². The normalized spacial score (nSPS) is 14.2. The van der Waals surface area contributed by atoms with Crippen LogP contribution in [-0.4, -0.2) is 23.3 Å². The summed E-state index contributed by atoms with van der Waals surface area (Å²) in [5.41, 5.74) is 2.49. The average Bonchev–Trinajstić information content (AvgIpc) is 2.96. The number of nitrogens with zero attached hydrogens (tertiary/aromatic N) is 1. The zero-order valence-electron chi connectivity index (χ0n) is 17.3. The third kappa shape index (κ3) is 5.39. The second-order valence-corrected chi connectivity index (χ2v) is 8.60. The van der Waals surface area contributed by atoms with E-state index in [-0.39, 0.29) is 11.8 Å². The molecule has 2 aromatic rings. The van der Waals surface area contributed by atoms with Crippen LogP contribution in [0.25, 0.3) is 5.57 Å². The summed E-state index contributed by atoms with van der Waals surface area (Å²) in [6, 6.07) is 17.6. The van der Waals surface area contributed by atoms with Crippen LogP contribution in [0.15, 0.2) is 64.4 Å². The van der Waals surface area contributed by atoms with Crippen LogP contribution in [0.2, 0.25) is 0 Å². The first-order valence-corrected chi connectivity index (χ1v) is 11.3. The Morgan fingerprint density at radius 2 is 1.45 bits per heavy atom. The van der Waals surface area contributed by atoms with Crippen LogP contribution in [0, 0.1) is 6.92 Å². The van der Waals surface area contributed by atoms with Crippen LogP contribution in [0.5, 0.6) is 0 Å². The second-order valence-electron chi connectivity index (χ2n) is 7.51. The number of amides is 2. The lowest BCUT2D eigenvalue weighted by atomic mass is 10.0. The largest absolute Gasteiger partial charge is 0.274 e. The molecule has 0 saturated heterocycles. The van der Waals surface area contributed by atoms with Gasteiger partial charge in [-0.2, -0.15) is 0 Å². The highest BCUT2D eigenvalue weighted by atomic mass is 32.2. The number of hydrogen-bond acceptors (Lipinski definition) is 3. The van der Waals surface area contributed by atoms with Crippen LogP contribution in [-0.2, 0) is 9.59 Å². The molecule has 0 aromatic heterocycles. The first-order valence-electron chi connectivity index (χ1n) is 10.5. The van der Waals surface area contributed by atoms with Crippen molar-refractivity contribution in [3.05, 3.63) is 70.6 Å². The lowest BCUT2D eigenvalue weighted by molar-refractivity contribution is -0.136. The van der Waals surface area contributed by atoms with Gasteiger partial charge in [-0.1, -0.05) is 98.8 Å². The summed E-state index contributed by atoms with van der Waals surface area (Å²) in [5, 5.41) is 0. The van der Waals surface area contributed by atoms with Gasteiger partial charge in [-0.25, -0.2) is 0 Å². The van der Waals surface area contributed by atoms with E-state index < -0.39 is 0 Å². The van der Waals surface area contributed by atoms with Crippen molar-refractivity contribution in [2.24, 2.45) is 0 Å². The number of imide groups is 1. The molecular weight excluding hydrogens is 378 g/mol. The van der Waals surface area contributed by atoms with Crippen molar-refractivity contribution >= 4 is 29.1 Å². The van der Waals surface area contributed by atoms with E-state index in [1.807, 2.05) is 61.5 Å². The highest BCUT2D eigenvalue weighted by molar-refractivity contribution is 8.04. The van der Waals surface area contributed by atoms with Gasteiger partial charge in [0.1, 0.15) is 0 Å². The fraction of sp³-hybridized carbons (Fsp3) is 0.360. The molecule has 0 unspecified atom stereocenters. The van der Waals surface area contributed by atoms with Crippen molar-refractivity contribution in [2.45, 2.75) is 57.3 Å². The SMILES string of the molecule is CCCCCCCCN1C(=O)C(Sc2ccccc2)=C(c2ccc(C)cc2)C1=O. The number of carbonyl (C=O) groups excluding carboxylic acids is 2. The smallest absolute Gasteiger partial charge is 0.268 e. The molecule has 1 aliphatic rings. The summed E-state index contributed by atoms with van der Waals surface area (Å²) < 4.78 is 0. The van der Waals surface area contributed by atoms with E-state index in [1.54, 1.807) is 0 Å². The molecule has 0 bridgehead atoms. The molecule has 152 valence electrons. The standard InChI is InChI=1S/C25H29NO2S/c1-3-4-5-6-7-11-18-26-24(27)22(20-16-14-19(2)15-17-20)23(25(26)28)29-21-12-9-8-10-13-21/h8-10,12-17H,3-7,11,18H2,1-2H3. The van der Waals surface area contributed by atoms with E-state index >= 15 is 0 Å². The average molecular weight is 408 g/mol. The van der Waals surface area contributed by atoms with Crippen LogP contribution >= 0.6 is 11.8 Å². The van der Waals surface area contributed by atoms with Gasteiger partial charge in [-0.05, 0) is 31.0 Å². The molecule has 0 fully saturated rings. The highest BCUT2D eigenvalue weighted by Gasteiger charge is 2.38. The molecule has 4 heteroatoms. The maximum Gasteiger partial charge on any atom is 0.268 e. The lowest BCUT2D eigenvalue weighted by Gasteiger charge is -2.15. The minimum absolute atomic E-state index is 0.159. The number of carbonyl (C=O) groups is 2. The van der Waals surface area contributed by atoms with Crippen molar-refractivity contribution in [2.75, 3.05) is 6.54 Å². The molecule has 3 rings (SSSR count). The molecule has 29 heavy (non-hydrogen) atoms. The Kier molecular flexibility index (Phi) is 7.70. The molecule has 0 aliphatic carbocycles. The monoisotopic (exact) mass is 407 g/mol. The molecule has 0 radical (unpaired) electrons. The Morgan fingerprint density at radius 1 is 0.793 bits per heavy atom. The summed E-state index contributed by atoms with van der Waals surface area (Å²) in [6.45, 7) is 4.72. The molecule has 0 saturated carbocycles. The maximum absolute atomic E-state index is 13.2. The lowest BCUT2D eigenvalue weighted by Crippen LogP contribution is -2.32. The predicted octanol–water partition coefficient (Wildman–Crippen LogP) is 6.23. The second kappa shape index (κ2) is 10.4. The summed E-state index contributed by atoms with van der Waals surface area (Å²) in [6.07, 6.45) is 6.77.